The van der Waals surface area contributed by atoms with Gasteiger partial charge >= 0.3 is 0 Å². The molecule has 2 saturated heterocycles. The van der Waals surface area contributed by atoms with Crippen molar-refractivity contribution in [1.82, 2.24) is 10.6 Å². The van der Waals surface area contributed by atoms with Crippen molar-refractivity contribution in [3.8, 4) is 0 Å². The Morgan fingerprint density at radius 2 is 2.19 bits per heavy atom. The van der Waals surface area contributed by atoms with Crippen LogP contribution in [0, 0.1) is 0 Å². The van der Waals surface area contributed by atoms with E-state index in [0.717, 1.165) is 25.7 Å². The van der Waals surface area contributed by atoms with E-state index in [9.17, 15) is 0 Å². The van der Waals surface area contributed by atoms with Crippen LogP contribution in [0.4, 0.5) is 0 Å². The van der Waals surface area contributed by atoms with E-state index in [-0.39, 0.29) is 0 Å². The summed E-state index contributed by atoms with van der Waals surface area (Å²) in [5.41, 5.74) is 0. The molecule has 2 aliphatic heterocycles. The Kier molecular flexibility index (Phi) is 5.59. The number of ether oxygens (including phenoxy) is 1. The van der Waals surface area contributed by atoms with Crippen LogP contribution in [0.25, 0.3) is 0 Å². The molecular formula is C13H26N2O. The van der Waals surface area contributed by atoms with Gasteiger partial charge in [0.25, 0.3) is 0 Å². The molecule has 2 heterocycles. The van der Waals surface area contributed by atoms with Gasteiger partial charge in [-0.1, -0.05) is 6.42 Å². The van der Waals surface area contributed by atoms with Crippen LogP contribution in [-0.4, -0.2) is 38.4 Å². The van der Waals surface area contributed by atoms with Crippen molar-refractivity contribution in [3.63, 3.8) is 0 Å². The highest BCUT2D eigenvalue weighted by Gasteiger charge is 2.15. The third-order valence-corrected chi connectivity index (χ3v) is 3.71. The van der Waals surface area contributed by atoms with Crippen LogP contribution in [0.3, 0.4) is 0 Å². The van der Waals surface area contributed by atoms with Crippen LogP contribution in [0.15, 0.2) is 0 Å². The Bertz CT molecular complexity index is 175. The Balaban J connectivity index is 1.42. The predicted molar refractivity (Wildman–Crippen MR) is 66.7 cm³/mol. The van der Waals surface area contributed by atoms with Crippen molar-refractivity contribution in [3.05, 3.63) is 0 Å². The molecule has 2 N–H and O–H groups in total. The first-order valence-corrected chi connectivity index (χ1v) is 7.01. The molecule has 0 aromatic rings. The summed E-state index contributed by atoms with van der Waals surface area (Å²) >= 11 is 0. The molecule has 0 aliphatic carbocycles. The van der Waals surface area contributed by atoms with Crippen molar-refractivity contribution in [2.45, 2.75) is 57.1 Å². The monoisotopic (exact) mass is 226 g/mol. The number of hydrogen-bond acceptors (Lipinski definition) is 3. The highest BCUT2D eigenvalue weighted by atomic mass is 16.5. The zero-order valence-corrected chi connectivity index (χ0v) is 10.3. The van der Waals surface area contributed by atoms with Crippen LogP contribution < -0.4 is 10.6 Å². The summed E-state index contributed by atoms with van der Waals surface area (Å²) in [7, 11) is 0. The summed E-state index contributed by atoms with van der Waals surface area (Å²) in [4.78, 5) is 0. The SMILES string of the molecule is C1CCC(CCCNCC2CCCO2)NC1. The summed E-state index contributed by atoms with van der Waals surface area (Å²) in [5.74, 6) is 0. The van der Waals surface area contributed by atoms with Gasteiger partial charge in [-0.2, -0.15) is 0 Å². The van der Waals surface area contributed by atoms with Crippen LogP contribution in [0.5, 0.6) is 0 Å². The van der Waals surface area contributed by atoms with E-state index in [0.29, 0.717) is 6.10 Å². The maximum absolute atomic E-state index is 5.57. The summed E-state index contributed by atoms with van der Waals surface area (Å²) < 4.78 is 5.57. The Morgan fingerprint density at radius 1 is 1.19 bits per heavy atom. The van der Waals surface area contributed by atoms with Gasteiger partial charge < -0.3 is 15.4 Å². The molecule has 2 aliphatic rings. The average Bonchev–Trinajstić information content (AvgIpc) is 2.83. The number of hydrogen-bond donors (Lipinski definition) is 2. The Labute approximate surface area is 99.3 Å². The molecule has 0 aromatic carbocycles. The zero-order chi connectivity index (χ0) is 11.1. The lowest BCUT2D eigenvalue weighted by molar-refractivity contribution is 0.110. The Morgan fingerprint density at radius 3 is 2.94 bits per heavy atom. The summed E-state index contributed by atoms with van der Waals surface area (Å²) in [5, 5.41) is 7.11. The van der Waals surface area contributed by atoms with E-state index in [1.54, 1.807) is 0 Å². The fourth-order valence-corrected chi connectivity index (χ4v) is 2.71. The highest BCUT2D eigenvalue weighted by molar-refractivity contribution is 4.73. The molecule has 0 aromatic heterocycles. The minimum absolute atomic E-state index is 0.493. The molecule has 0 saturated carbocycles. The van der Waals surface area contributed by atoms with Gasteiger partial charge in [0.1, 0.15) is 0 Å². The second kappa shape index (κ2) is 7.25. The zero-order valence-electron chi connectivity index (χ0n) is 10.3. The third-order valence-electron chi connectivity index (χ3n) is 3.71. The lowest BCUT2D eigenvalue weighted by Crippen LogP contribution is -2.35. The number of nitrogens with one attached hydrogen (secondary N) is 2. The minimum Gasteiger partial charge on any atom is -0.377 e. The molecule has 2 atom stereocenters. The van der Waals surface area contributed by atoms with Crippen molar-refractivity contribution in [2.24, 2.45) is 0 Å². The fraction of sp³-hybridized carbons (Fsp3) is 1.00. The molecular weight excluding hydrogens is 200 g/mol. The van der Waals surface area contributed by atoms with Gasteiger partial charge in [0, 0.05) is 19.2 Å². The van der Waals surface area contributed by atoms with Crippen molar-refractivity contribution in [1.29, 1.82) is 0 Å². The molecule has 0 amide bonds. The van der Waals surface area contributed by atoms with E-state index in [2.05, 4.69) is 10.6 Å². The summed E-state index contributed by atoms with van der Waals surface area (Å²) in [6, 6.07) is 0.790. The number of piperidine rings is 1. The van der Waals surface area contributed by atoms with Crippen molar-refractivity contribution >= 4 is 0 Å². The molecule has 16 heavy (non-hydrogen) atoms. The first-order valence-electron chi connectivity index (χ1n) is 7.01. The van der Waals surface area contributed by atoms with Gasteiger partial charge in [0.05, 0.1) is 6.10 Å². The molecule has 2 fully saturated rings. The quantitative estimate of drug-likeness (QED) is 0.676. The van der Waals surface area contributed by atoms with E-state index >= 15 is 0 Å². The van der Waals surface area contributed by atoms with Gasteiger partial charge in [0.2, 0.25) is 0 Å². The van der Waals surface area contributed by atoms with E-state index in [1.165, 1.54) is 51.5 Å². The summed E-state index contributed by atoms with van der Waals surface area (Å²) in [6.45, 7) is 4.41. The van der Waals surface area contributed by atoms with Gasteiger partial charge in [-0.3, -0.25) is 0 Å². The molecule has 2 unspecified atom stereocenters. The highest BCUT2D eigenvalue weighted by Crippen LogP contribution is 2.12. The normalized spacial score (nSPS) is 30.8. The fourth-order valence-electron chi connectivity index (χ4n) is 2.71. The minimum atomic E-state index is 0.493. The van der Waals surface area contributed by atoms with Gasteiger partial charge in [-0.05, 0) is 51.6 Å². The number of rotatable bonds is 6. The largest absolute Gasteiger partial charge is 0.377 e. The van der Waals surface area contributed by atoms with Gasteiger partial charge in [-0.15, -0.1) is 0 Å². The molecule has 0 radical (unpaired) electrons. The van der Waals surface area contributed by atoms with E-state index in [4.69, 9.17) is 4.74 Å². The van der Waals surface area contributed by atoms with Crippen LogP contribution in [0.2, 0.25) is 0 Å². The predicted octanol–water partition coefficient (Wildman–Crippen LogP) is 1.68. The lowest BCUT2D eigenvalue weighted by Gasteiger charge is -2.23. The lowest BCUT2D eigenvalue weighted by atomic mass is 10.0. The smallest absolute Gasteiger partial charge is 0.0700 e. The van der Waals surface area contributed by atoms with Crippen LogP contribution in [0.1, 0.15) is 44.9 Å². The summed E-state index contributed by atoms with van der Waals surface area (Å²) in [6.07, 6.45) is 9.78. The van der Waals surface area contributed by atoms with Crippen molar-refractivity contribution < 1.29 is 4.74 Å². The van der Waals surface area contributed by atoms with E-state index in [1.807, 2.05) is 0 Å². The molecule has 0 bridgehead atoms. The molecule has 0 spiro atoms. The van der Waals surface area contributed by atoms with Gasteiger partial charge in [0.15, 0.2) is 0 Å². The van der Waals surface area contributed by atoms with Crippen LogP contribution >= 0.6 is 0 Å². The van der Waals surface area contributed by atoms with Crippen LogP contribution in [-0.2, 0) is 4.74 Å². The first-order chi connectivity index (χ1) is 7.95. The molecule has 2 rings (SSSR count). The standard InChI is InChI=1S/C13H26N2O/c1-2-9-15-12(5-1)6-3-8-14-11-13-7-4-10-16-13/h12-15H,1-11H2. The average molecular weight is 226 g/mol. The molecule has 94 valence electrons. The topological polar surface area (TPSA) is 33.3 Å². The Hall–Kier alpha value is -0.120. The molecule has 3 nitrogen and oxygen atoms in total. The van der Waals surface area contributed by atoms with E-state index < -0.39 is 0 Å². The maximum Gasteiger partial charge on any atom is 0.0700 e. The second-order valence-corrected chi connectivity index (χ2v) is 5.13. The second-order valence-electron chi connectivity index (χ2n) is 5.13. The maximum atomic E-state index is 5.57. The third kappa shape index (κ3) is 4.40. The van der Waals surface area contributed by atoms with Crippen molar-refractivity contribution in [2.75, 3.05) is 26.2 Å². The first kappa shape index (κ1) is 12.3. The van der Waals surface area contributed by atoms with Gasteiger partial charge in [-0.25, -0.2) is 0 Å². The molecule has 3 heteroatoms.